The van der Waals surface area contributed by atoms with Crippen molar-refractivity contribution >= 4 is 46.2 Å². The fourth-order valence-electron chi connectivity index (χ4n) is 2.50. The first-order valence-electron chi connectivity index (χ1n) is 8.27. The standard InChI is InChI=1S/C20H19ClN2O2S/c1-13(2)12-23-19(25)18(10-14-6-8-17(24)9-7-14)26-20(23)22-16-5-3-4-15(21)11-16/h3-11,13,24H,12H2,1-2H3/b18-10+,22-20?. The summed E-state index contributed by atoms with van der Waals surface area (Å²) in [6, 6.07) is 14.0. The number of hydrogen-bond donors (Lipinski definition) is 1. The summed E-state index contributed by atoms with van der Waals surface area (Å²) in [5.41, 5.74) is 1.57. The van der Waals surface area contributed by atoms with E-state index in [4.69, 9.17) is 11.6 Å². The summed E-state index contributed by atoms with van der Waals surface area (Å²) in [6.45, 7) is 4.73. The summed E-state index contributed by atoms with van der Waals surface area (Å²) >= 11 is 7.39. The van der Waals surface area contributed by atoms with Crippen molar-refractivity contribution < 1.29 is 9.90 Å². The van der Waals surface area contributed by atoms with Gasteiger partial charge in [0.1, 0.15) is 5.75 Å². The van der Waals surface area contributed by atoms with Crippen molar-refractivity contribution in [1.82, 2.24) is 4.90 Å². The number of benzene rings is 2. The molecule has 1 heterocycles. The van der Waals surface area contributed by atoms with Gasteiger partial charge in [0.15, 0.2) is 5.17 Å². The van der Waals surface area contributed by atoms with Gasteiger partial charge >= 0.3 is 0 Å². The van der Waals surface area contributed by atoms with E-state index in [1.165, 1.54) is 11.8 Å². The van der Waals surface area contributed by atoms with Gasteiger partial charge < -0.3 is 5.11 Å². The van der Waals surface area contributed by atoms with Gasteiger partial charge in [0.05, 0.1) is 10.6 Å². The van der Waals surface area contributed by atoms with Crippen molar-refractivity contribution in [2.45, 2.75) is 13.8 Å². The van der Waals surface area contributed by atoms with Crippen molar-refractivity contribution in [2.75, 3.05) is 6.54 Å². The number of thioether (sulfide) groups is 1. The maximum Gasteiger partial charge on any atom is 0.266 e. The SMILES string of the molecule is CC(C)CN1C(=O)/C(=C\c2ccc(O)cc2)SC1=Nc1cccc(Cl)c1. The van der Waals surface area contributed by atoms with Crippen LogP contribution in [0.15, 0.2) is 58.4 Å². The summed E-state index contributed by atoms with van der Waals surface area (Å²) in [6.07, 6.45) is 1.82. The average molecular weight is 387 g/mol. The molecule has 2 aromatic carbocycles. The van der Waals surface area contributed by atoms with Crippen LogP contribution in [0.4, 0.5) is 5.69 Å². The van der Waals surface area contributed by atoms with Gasteiger partial charge in [-0.1, -0.05) is 43.6 Å². The molecular formula is C20H19ClN2O2S. The van der Waals surface area contributed by atoms with E-state index < -0.39 is 0 Å². The molecule has 1 aliphatic rings. The normalized spacial score (nSPS) is 17.7. The van der Waals surface area contributed by atoms with E-state index in [2.05, 4.69) is 18.8 Å². The third-order valence-corrected chi connectivity index (χ3v) is 4.90. The summed E-state index contributed by atoms with van der Waals surface area (Å²) in [7, 11) is 0. The number of carbonyl (C=O) groups excluding carboxylic acids is 1. The number of aliphatic imine (C=N–C) groups is 1. The second kappa shape index (κ2) is 7.98. The lowest BCUT2D eigenvalue weighted by Gasteiger charge is -2.17. The van der Waals surface area contributed by atoms with Crippen molar-refractivity contribution in [3.63, 3.8) is 0 Å². The molecule has 0 radical (unpaired) electrons. The first kappa shape index (κ1) is 18.5. The summed E-state index contributed by atoms with van der Waals surface area (Å²) in [4.78, 5) is 19.8. The molecule has 1 aliphatic heterocycles. The van der Waals surface area contributed by atoms with Crippen molar-refractivity contribution in [3.05, 3.63) is 64.0 Å². The van der Waals surface area contributed by atoms with Crippen molar-refractivity contribution in [3.8, 4) is 5.75 Å². The molecule has 6 heteroatoms. The first-order valence-corrected chi connectivity index (χ1v) is 9.46. The fraction of sp³-hybridized carbons (Fsp3) is 0.200. The van der Waals surface area contributed by atoms with Gasteiger partial charge in [-0.15, -0.1) is 0 Å². The zero-order valence-electron chi connectivity index (χ0n) is 14.5. The zero-order valence-corrected chi connectivity index (χ0v) is 16.1. The molecule has 1 saturated heterocycles. The van der Waals surface area contributed by atoms with E-state index in [0.717, 1.165) is 5.56 Å². The smallest absolute Gasteiger partial charge is 0.266 e. The molecule has 0 atom stereocenters. The Morgan fingerprint density at radius 2 is 1.96 bits per heavy atom. The molecule has 3 rings (SSSR count). The van der Waals surface area contributed by atoms with E-state index >= 15 is 0 Å². The number of amides is 1. The third-order valence-electron chi connectivity index (χ3n) is 3.66. The van der Waals surface area contributed by atoms with Crippen LogP contribution in [0, 0.1) is 5.92 Å². The average Bonchev–Trinajstić information content (AvgIpc) is 2.85. The van der Waals surface area contributed by atoms with Gasteiger partial charge in [-0.25, -0.2) is 4.99 Å². The highest BCUT2D eigenvalue weighted by molar-refractivity contribution is 8.18. The number of nitrogens with zero attached hydrogens (tertiary/aromatic N) is 2. The van der Waals surface area contributed by atoms with Gasteiger partial charge in [-0.3, -0.25) is 9.69 Å². The molecule has 0 unspecified atom stereocenters. The van der Waals surface area contributed by atoms with Gasteiger partial charge in [-0.05, 0) is 59.7 Å². The second-order valence-electron chi connectivity index (χ2n) is 6.39. The predicted octanol–water partition coefficient (Wildman–Crippen LogP) is 5.31. The van der Waals surface area contributed by atoms with E-state index in [9.17, 15) is 9.90 Å². The van der Waals surface area contributed by atoms with E-state index in [-0.39, 0.29) is 11.7 Å². The number of aromatic hydroxyl groups is 1. The molecule has 2 aromatic rings. The molecule has 0 spiro atoms. The Balaban J connectivity index is 1.95. The molecule has 1 fully saturated rings. The lowest BCUT2D eigenvalue weighted by molar-refractivity contribution is -0.122. The molecule has 4 nitrogen and oxygen atoms in total. The van der Waals surface area contributed by atoms with E-state index in [1.54, 1.807) is 41.3 Å². The number of halogens is 1. The zero-order chi connectivity index (χ0) is 18.7. The third kappa shape index (κ3) is 4.48. The predicted molar refractivity (Wildman–Crippen MR) is 109 cm³/mol. The molecule has 0 bridgehead atoms. The van der Waals surface area contributed by atoms with Crippen LogP contribution in [0.2, 0.25) is 5.02 Å². The molecule has 26 heavy (non-hydrogen) atoms. The van der Waals surface area contributed by atoms with Crippen LogP contribution in [0.25, 0.3) is 6.08 Å². The fourth-order valence-corrected chi connectivity index (χ4v) is 3.69. The van der Waals surface area contributed by atoms with Crippen LogP contribution >= 0.6 is 23.4 Å². The number of amidine groups is 1. The Labute approximate surface area is 162 Å². The van der Waals surface area contributed by atoms with Crippen molar-refractivity contribution in [1.29, 1.82) is 0 Å². The summed E-state index contributed by atoms with van der Waals surface area (Å²) in [5, 5.41) is 10.7. The van der Waals surface area contributed by atoms with Gasteiger partial charge in [0.2, 0.25) is 0 Å². The molecule has 0 aliphatic carbocycles. The number of carbonyl (C=O) groups is 1. The number of phenols is 1. The van der Waals surface area contributed by atoms with Crippen LogP contribution in [-0.2, 0) is 4.79 Å². The highest BCUT2D eigenvalue weighted by Crippen LogP contribution is 2.35. The highest BCUT2D eigenvalue weighted by atomic mass is 35.5. The van der Waals surface area contributed by atoms with Crippen molar-refractivity contribution in [2.24, 2.45) is 10.9 Å². The molecule has 1 N–H and O–H groups in total. The highest BCUT2D eigenvalue weighted by Gasteiger charge is 2.33. The van der Waals surface area contributed by atoms with Gasteiger partial charge in [0.25, 0.3) is 5.91 Å². The van der Waals surface area contributed by atoms with E-state index in [0.29, 0.717) is 33.2 Å². The maximum absolute atomic E-state index is 12.9. The van der Waals surface area contributed by atoms with Crippen LogP contribution in [-0.4, -0.2) is 27.6 Å². The molecule has 0 aromatic heterocycles. The minimum atomic E-state index is -0.0578. The quantitative estimate of drug-likeness (QED) is 0.725. The number of phenolic OH excluding ortho intramolecular Hbond substituents is 1. The van der Waals surface area contributed by atoms with Gasteiger partial charge in [0, 0.05) is 11.6 Å². The lowest BCUT2D eigenvalue weighted by atomic mass is 10.2. The monoisotopic (exact) mass is 386 g/mol. The number of rotatable bonds is 4. The summed E-state index contributed by atoms with van der Waals surface area (Å²) in [5.74, 6) is 0.455. The Morgan fingerprint density at radius 3 is 2.62 bits per heavy atom. The first-order chi connectivity index (χ1) is 12.4. The minimum Gasteiger partial charge on any atom is -0.508 e. The molecule has 0 saturated carbocycles. The molecule has 1 amide bonds. The Bertz CT molecular complexity index is 876. The Kier molecular flexibility index (Phi) is 5.69. The minimum absolute atomic E-state index is 0.0578. The Hall–Kier alpha value is -2.24. The summed E-state index contributed by atoms with van der Waals surface area (Å²) < 4.78 is 0. The lowest BCUT2D eigenvalue weighted by Crippen LogP contribution is -2.32. The molecule has 134 valence electrons. The largest absolute Gasteiger partial charge is 0.508 e. The van der Waals surface area contributed by atoms with Crippen LogP contribution in [0.5, 0.6) is 5.75 Å². The maximum atomic E-state index is 12.9. The van der Waals surface area contributed by atoms with Gasteiger partial charge in [-0.2, -0.15) is 0 Å². The topological polar surface area (TPSA) is 52.9 Å². The van der Waals surface area contributed by atoms with Crippen LogP contribution < -0.4 is 0 Å². The second-order valence-corrected chi connectivity index (χ2v) is 7.83. The van der Waals surface area contributed by atoms with Crippen LogP contribution in [0.3, 0.4) is 0 Å². The molecular weight excluding hydrogens is 368 g/mol. The van der Waals surface area contributed by atoms with Crippen LogP contribution in [0.1, 0.15) is 19.4 Å². The number of hydrogen-bond acceptors (Lipinski definition) is 4. The van der Waals surface area contributed by atoms with E-state index in [1.807, 2.05) is 18.2 Å². The Morgan fingerprint density at radius 1 is 1.23 bits per heavy atom.